The van der Waals surface area contributed by atoms with E-state index in [0.29, 0.717) is 23.5 Å². The lowest BCUT2D eigenvalue weighted by atomic mass is 10.2. The first-order chi connectivity index (χ1) is 11.0. The Hall–Kier alpha value is -2.00. The van der Waals surface area contributed by atoms with Crippen LogP contribution in [0.4, 0.5) is 5.82 Å². The second kappa shape index (κ2) is 6.25. The fraction of sp³-hybridized carbons (Fsp3) is 0.214. The zero-order chi connectivity index (χ0) is 16.6. The number of H-pyrrole nitrogens is 1. The number of aromatic nitrogens is 4. The third kappa shape index (κ3) is 3.06. The number of nitrogens with one attached hydrogen (secondary N) is 1. The zero-order valence-electron chi connectivity index (χ0n) is 12.2. The van der Waals surface area contributed by atoms with Crippen LogP contribution in [0.5, 0.6) is 0 Å². The summed E-state index contributed by atoms with van der Waals surface area (Å²) in [4.78, 5) is 23.2. The van der Waals surface area contributed by atoms with Crippen molar-refractivity contribution in [2.24, 2.45) is 0 Å². The number of nitrogen functional groups attached to an aromatic ring is 1. The van der Waals surface area contributed by atoms with Crippen LogP contribution in [-0.4, -0.2) is 29.5 Å². The molecule has 9 heteroatoms. The highest BCUT2D eigenvalue weighted by Gasteiger charge is 2.16. The Kier molecular flexibility index (Phi) is 4.31. The quantitative estimate of drug-likeness (QED) is 0.652. The summed E-state index contributed by atoms with van der Waals surface area (Å²) in [5.41, 5.74) is 7.20. The maximum atomic E-state index is 12.2. The highest BCUT2D eigenvalue weighted by atomic mass is 79.9. The van der Waals surface area contributed by atoms with Crippen molar-refractivity contribution >= 4 is 43.7 Å². The molecule has 0 aliphatic rings. The Morgan fingerprint density at radius 2 is 2.00 bits per heavy atom. The van der Waals surface area contributed by atoms with Gasteiger partial charge in [-0.2, -0.15) is 0 Å². The highest BCUT2D eigenvalue weighted by molar-refractivity contribution is 9.10. The van der Waals surface area contributed by atoms with Crippen molar-refractivity contribution in [2.45, 2.75) is 18.6 Å². The molecule has 0 bridgehead atoms. The summed E-state index contributed by atoms with van der Waals surface area (Å²) in [6.45, 7) is 2.10. The molecule has 120 valence electrons. The highest BCUT2D eigenvalue weighted by Crippen LogP contribution is 2.17. The Balaban J connectivity index is 2.14. The van der Waals surface area contributed by atoms with Gasteiger partial charge in [0.15, 0.2) is 11.5 Å². The van der Waals surface area contributed by atoms with Gasteiger partial charge < -0.3 is 10.7 Å². The Morgan fingerprint density at radius 3 is 2.65 bits per heavy atom. The number of rotatable bonds is 4. The molecule has 0 radical (unpaired) electrons. The molecule has 0 saturated carbocycles. The minimum absolute atomic E-state index is 0.124. The summed E-state index contributed by atoms with van der Waals surface area (Å²) in [7, 11) is -1.34. The fourth-order valence-electron chi connectivity index (χ4n) is 2.18. The first-order valence-corrected chi connectivity index (χ1v) is 8.99. The molecule has 1 aromatic carbocycles. The van der Waals surface area contributed by atoms with Crippen LogP contribution in [0.3, 0.4) is 0 Å². The number of fused-ring (bicyclic) bond motifs is 1. The van der Waals surface area contributed by atoms with Gasteiger partial charge in [-0.15, -0.1) is 0 Å². The molecule has 3 N–H and O–H groups in total. The number of anilines is 1. The summed E-state index contributed by atoms with van der Waals surface area (Å²) in [6.07, 6.45) is 0. The molecule has 3 aromatic rings. The lowest BCUT2D eigenvalue weighted by Gasteiger charge is -2.05. The van der Waals surface area contributed by atoms with E-state index in [-0.39, 0.29) is 16.7 Å². The smallest absolute Gasteiger partial charge is 0.328 e. The molecule has 0 saturated heterocycles. The molecule has 0 spiro atoms. The molecule has 23 heavy (non-hydrogen) atoms. The lowest BCUT2D eigenvalue weighted by Crippen LogP contribution is -2.18. The summed E-state index contributed by atoms with van der Waals surface area (Å²) in [5, 5.41) is 0.140. The van der Waals surface area contributed by atoms with E-state index in [1.54, 1.807) is 6.92 Å². The minimum Gasteiger partial charge on any atom is -0.382 e. The van der Waals surface area contributed by atoms with Gasteiger partial charge >= 0.3 is 5.69 Å². The van der Waals surface area contributed by atoms with Crippen molar-refractivity contribution in [1.29, 1.82) is 0 Å². The van der Waals surface area contributed by atoms with Crippen molar-refractivity contribution in [1.82, 2.24) is 19.5 Å². The average molecular weight is 396 g/mol. The summed E-state index contributed by atoms with van der Waals surface area (Å²) in [6, 6.07) is 7.61. The van der Waals surface area contributed by atoms with E-state index >= 15 is 0 Å². The predicted molar refractivity (Wildman–Crippen MR) is 92.8 cm³/mol. The molecule has 3 rings (SSSR count). The van der Waals surface area contributed by atoms with Gasteiger partial charge in [-0.3, -0.25) is 8.78 Å². The molecule has 2 heterocycles. The van der Waals surface area contributed by atoms with Gasteiger partial charge in [-0.1, -0.05) is 35.0 Å². The van der Waals surface area contributed by atoms with Gasteiger partial charge in [0.05, 0.1) is 17.3 Å². The van der Waals surface area contributed by atoms with Gasteiger partial charge in [0.25, 0.3) is 0 Å². The van der Waals surface area contributed by atoms with Crippen molar-refractivity contribution in [2.75, 3.05) is 11.5 Å². The zero-order valence-corrected chi connectivity index (χ0v) is 14.6. The maximum absolute atomic E-state index is 12.2. The van der Waals surface area contributed by atoms with Crippen LogP contribution < -0.4 is 11.4 Å². The van der Waals surface area contributed by atoms with Gasteiger partial charge in [0, 0.05) is 10.2 Å². The first kappa shape index (κ1) is 15.9. The van der Waals surface area contributed by atoms with E-state index in [1.807, 2.05) is 24.3 Å². The molecular weight excluding hydrogens is 382 g/mol. The standard InChI is InChI=1S/C14H14BrN5O2S/c1-2-23(22)13-18-11(16)10-12(19-13)20(14(21)17-10)7-8-3-5-9(15)6-4-8/h3-6H,2,7H2,1H3,(H,17,21)(H2,16,18,19). The van der Waals surface area contributed by atoms with E-state index < -0.39 is 10.8 Å². The monoisotopic (exact) mass is 395 g/mol. The third-order valence-electron chi connectivity index (χ3n) is 3.35. The number of hydrogen-bond donors (Lipinski definition) is 2. The van der Waals surface area contributed by atoms with Gasteiger partial charge in [-0.05, 0) is 17.7 Å². The normalized spacial score (nSPS) is 12.6. The second-order valence-corrected chi connectivity index (χ2v) is 7.42. The number of hydrogen-bond acceptors (Lipinski definition) is 5. The summed E-state index contributed by atoms with van der Waals surface area (Å²) >= 11 is 3.37. The number of nitrogens with zero attached hydrogens (tertiary/aromatic N) is 3. The van der Waals surface area contributed by atoms with Crippen LogP contribution in [0.2, 0.25) is 0 Å². The Morgan fingerprint density at radius 1 is 1.30 bits per heavy atom. The fourth-order valence-corrected chi connectivity index (χ4v) is 3.09. The largest absolute Gasteiger partial charge is 0.382 e. The average Bonchev–Trinajstić information content (AvgIpc) is 2.85. The molecule has 0 aliphatic carbocycles. The number of nitrogens with two attached hydrogens (primary N) is 1. The third-order valence-corrected chi connectivity index (χ3v) is 4.99. The minimum atomic E-state index is -1.34. The molecule has 1 atom stereocenters. The molecule has 0 aliphatic heterocycles. The number of halogens is 1. The van der Waals surface area contributed by atoms with Crippen molar-refractivity contribution in [3.63, 3.8) is 0 Å². The van der Waals surface area contributed by atoms with Crippen LogP contribution in [0.15, 0.2) is 38.7 Å². The van der Waals surface area contributed by atoms with E-state index in [2.05, 4.69) is 30.9 Å². The summed E-state index contributed by atoms with van der Waals surface area (Å²) < 4.78 is 14.4. The topological polar surface area (TPSA) is 107 Å². The number of benzene rings is 1. The Bertz CT molecular complexity index is 948. The molecular formula is C14H14BrN5O2S. The molecule has 0 fully saturated rings. The number of aromatic amines is 1. The molecule has 0 amide bonds. The number of imidazole rings is 1. The van der Waals surface area contributed by atoms with Crippen molar-refractivity contribution < 1.29 is 4.21 Å². The first-order valence-electron chi connectivity index (χ1n) is 6.88. The van der Waals surface area contributed by atoms with Gasteiger partial charge in [0.1, 0.15) is 5.52 Å². The molecule has 7 nitrogen and oxygen atoms in total. The van der Waals surface area contributed by atoms with Crippen LogP contribution >= 0.6 is 15.9 Å². The van der Waals surface area contributed by atoms with Crippen LogP contribution in [0.1, 0.15) is 12.5 Å². The predicted octanol–water partition coefficient (Wildman–Crippen LogP) is 1.64. The van der Waals surface area contributed by atoms with E-state index in [1.165, 1.54) is 4.57 Å². The SMILES string of the molecule is CCS(=O)c1nc(N)c2[nH]c(=O)n(Cc3ccc(Br)cc3)c2n1. The molecule has 1 unspecified atom stereocenters. The van der Waals surface area contributed by atoms with Crippen LogP contribution in [0, 0.1) is 0 Å². The van der Waals surface area contributed by atoms with Crippen molar-refractivity contribution in [3.8, 4) is 0 Å². The van der Waals surface area contributed by atoms with Crippen LogP contribution in [-0.2, 0) is 17.3 Å². The van der Waals surface area contributed by atoms with E-state index in [4.69, 9.17) is 5.73 Å². The maximum Gasteiger partial charge on any atom is 0.328 e. The van der Waals surface area contributed by atoms with Gasteiger partial charge in [-0.25, -0.2) is 14.8 Å². The van der Waals surface area contributed by atoms with E-state index in [9.17, 15) is 9.00 Å². The van der Waals surface area contributed by atoms with E-state index in [0.717, 1.165) is 10.0 Å². The second-order valence-electron chi connectivity index (χ2n) is 4.87. The summed E-state index contributed by atoms with van der Waals surface area (Å²) in [5.74, 6) is 0.505. The van der Waals surface area contributed by atoms with Crippen molar-refractivity contribution in [3.05, 3.63) is 44.8 Å². The molecule has 2 aromatic heterocycles. The Labute approximate surface area is 142 Å². The van der Waals surface area contributed by atoms with Crippen LogP contribution in [0.25, 0.3) is 11.2 Å². The van der Waals surface area contributed by atoms with Gasteiger partial charge in [0.2, 0.25) is 5.16 Å². The lowest BCUT2D eigenvalue weighted by molar-refractivity contribution is 0.676.